The highest BCUT2D eigenvalue weighted by atomic mass is 35.5. The zero-order valence-electron chi connectivity index (χ0n) is 20.5. The van der Waals surface area contributed by atoms with Gasteiger partial charge in [-0.15, -0.1) is 0 Å². The minimum Gasteiger partial charge on any atom is -0.497 e. The van der Waals surface area contributed by atoms with E-state index < -0.39 is 15.9 Å². The number of hydrogen-bond acceptors (Lipinski definition) is 7. The first-order valence-corrected chi connectivity index (χ1v) is 14.0. The van der Waals surface area contributed by atoms with Gasteiger partial charge in [0.25, 0.3) is 5.91 Å². The number of fused-ring (bicyclic) bond motifs is 1. The van der Waals surface area contributed by atoms with Gasteiger partial charge in [-0.05, 0) is 31.0 Å². The Morgan fingerprint density at radius 1 is 1.14 bits per heavy atom. The fourth-order valence-corrected chi connectivity index (χ4v) is 7.07. The number of piperidine rings is 1. The average molecular weight is 549 g/mol. The van der Waals surface area contributed by atoms with E-state index in [9.17, 15) is 18.0 Å². The number of sulfonamides is 1. The lowest BCUT2D eigenvalue weighted by Crippen LogP contribution is -2.53. The Morgan fingerprint density at radius 3 is 2.68 bits per heavy atom. The van der Waals surface area contributed by atoms with E-state index in [0.29, 0.717) is 51.3 Å². The summed E-state index contributed by atoms with van der Waals surface area (Å²) in [7, 11) is -2.34. The van der Waals surface area contributed by atoms with Crippen molar-refractivity contribution in [2.45, 2.75) is 17.7 Å². The third-order valence-corrected chi connectivity index (χ3v) is 9.36. The Hall–Kier alpha value is -3.02. The number of carbonyl (C=O) groups excluding carboxylic acids is 2. The van der Waals surface area contributed by atoms with Crippen LogP contribution in [0.25, 0.3) is 0 Å². The van der Waals surface area contributed by atoms with Gasteiger partial charge in [0.2, 0.25) is 15.9 Å². The molecule has 10 nitrogen and oxygen atoms in total. The summed E-state index contributed by atoms with van der Waals surface area (Å²) in [4.78, 5) is 28.9. The van der Waals surface area contributed by atoms with Gasteiger partial charge in [0.1, 0.15) is 16.4 Å². The number of benzene rings is 2. The van der Waals surface area contributed by atoms with Gasteiger partial charge in [0.05, 0.1) is 23.7 Å². The molecule has 3 aliphatic rings. The number of ether oxygens (including phenoxy) is 2. The number of nitrogens with one attached hydrogen (secondary N) is 1. The second-order valence-corrected chi connectivity index (χ2v) is 11.6. The van der Waals surface area contributed by atoms with Crippen molar-refractivity contribution in [3.8, 4) is 11.5 Å². The maximum atomic E-state index is 13.5. The molecule has 37 heavy (non-hydrogen) atoms. The van der Waals surface area contributed by atoms with E-state index in [4.69, 9.17) is 21.1 Å². The van der Waals surface area contributed by atoms with Gasteiger partial charge < -0.3 is 24.6 Å². The molecule has 1 N–H and O–H groups in total. The number of anilines is 2. The lowest BCUT2D eigenvalue weighted by molar-refractivity contribution is -0.137. The topological polar surface area (TPSA) is 108 Å². The van der Waals surface area contributed by atoms with E-state index in [-0.39, 0.29) is 40.6 Å². The maximum absolute atomic E-state index is 13.5. The van der Waals surface area contributed by atoms with Crippen LogP contribution in [0, 0.1) is 5.92 Å². The first-order chi connectivity index (χ1) is 17.8. The van der Waals surface area contributed by atoms with Crippen molar-refractivity contribution in [3.05, 3.63) is 41.4 Å². The molecule has 0 saturated carbocycles. The minimum absolute atomic E-state index is 0.00772. The SMILES string of the molecule is COc1cccc(N2CCN(C(=O)[C@H]3CCCN(S(=O)(=O)c4cc5c(cc4Cl)NC(=O)CO5)C3)CC2)c1. The molecule has 0 unspecified atom stereocenters. The molecule has 2 fully saturated rings. The zero-order chi connectivity index (χ0) is 26.2. The van der Waals surface area contributed by atoms with Crippen LogP contribution in [-0.4, -0.2) is 82.4 Å². The lowest BCUT2D eigenvalue weighted by Gasteiger charge is -2.39. The summed E-state index contributed by atoms with van der Waals surface area (Å²) in [5, 5.41) is 2.61. The number of nitrogens with zero attached hydrogens (tertiary/aromatic N) is 3. The molecular formula is C25H29ClN4O6S. The molecule has 1 atom stereocenters. The number of methoxy groups -OCH3 is 1. The van der Waals surface area contributed by atoms with Gasteiger partial charge in [-0.25, -0.2) is 8.42 Å². The van der Waals surface area contributed by atoms with Gasteiger partial charge >= 0.3 is 0 Å². The van der Waals surface area contributed by atoms with Crippen LogP contribution in [-0.2, 0) is 19.6 Å². The molecule has 3 heterocycles. The summed E-state index contributed by atoms with van der Waals surface area (Å²) in [6.07, 6.45) is 1.21. The van der Waals surface area contributed by atoms with Crippen LogP contribution < -0.4 is 19.7 Å². The molecular weight excluding hydrogens is 520 g/mol. The van der Waals surface area contributed by atoms with E-state index in [2.05, 4.69) is 10.2 Å². The largest absolute Gasteiger partial charge is 0.497 e. The van der Waals surface area contributed by atoms with E-state index >= 15 is 0 Å². The van der Waals surface area contributed by atoms with E-state index in [1.54, 1.807) is 7.11 Å². The molecule has 2 amide bonds. The van der Waals surface area contributed by atoms with Crippen molar-refractivity contribution in [1.82, 2.24) is 9.21 Å². The molecule has 5 rings (SSSR count). The Bertz CT molecular complexity index is 1310. The summed E-state index contributed by atoms with van der Waals surface area (Å²) in [5.74, 6) is 0.267. The molecule has 12 heteroatoms. The highest BCUT2D eigenvalue weighted by molar-refractivity contribution is 7.89. The number of rotatable bonds is 5. The van der Waals surface area contributed by atoms with E-state index in [1.165, 1.54) is 16.4 Å². The molecule has 0 radical (unpaired) electrons. The van der Waals surface area contributed by atoms with Crippen molar-refractivity contribution < 1.29 is 27.5 Å². The van der Waals surface area contributed by atoms with Gasteiger partial charge in [-0.3, -0.25) is 9.59 Å². The number of carbonyl (C=O) groups is 2. The summed E-state index contributed by atoms with van der Waals surface area (Å²) < 4.78 is 39.1. The Kier molecular flexibility index (Phi) is 7.19. The van der Waals surface area contributed by atoms with Crippen LogP contribution in [0.1, 0.15) is 12.8 Å². The summed E-state index contributed by atoms with van der Waals surface area (Å²) >= 11 is 6.32. The molecule has 2 saturated heterocycles. The Balaban J connectivity index is 1.25. The van der Waals surface area contributed by atoms with Crippen LogP contribution in [0.4, 0.5) is 11.4 Å². The third kappa shape index (κ3) is 5.21. The van der Waals surface area contributed by atoms with Crippen molar-refractivity contribution >= 4 is 44.8 Å². The minimum atomic E-state index is -3.97. The quantitative estimate of drug-likeness (QED) is 0.611. The Labute approximate surface area is 221 Å². The second kappa shape index (κ2) is 10.4. The smallest absolute Gasteiger partial charge is 0.262 e. The van der Waals surface area contributed by atoms with Gasteiger partial charge in [0, 0.05) is 57.1 Å². The summed E-state index contributed by atoms with van der Waals surface area (Å²) in [5.41, 5.74) is 1.38. The van der Waals surface area contributed by atoms with Crippen LogP contribution in [0.2, 0.25) is 5.02 Å². The molecule has 2 aromatic carbocycles. The monoisotopic (exact) mass is 548 g/mol. The molecule has 0 aliphatic carbocycles. The number of piperazine rings is 1. The molecule has 0 bridgehead atoms. The van der Waals surface area contributed by atoms with Crippen molar-refractivity contribution in [2.24, 2.45) is 5.92 Å². The fourth-order valence-electron chi connectivity index (χ4n) is 5.03. The Morgan fingerprint density at radius 2 is 1.92 bits per heavy atom. The number of amides is 2. The first-order valence-electron chi connectivity index (χ1n) is 12.2. The zero-order valence-corrected chi connectivity index (χ0v) is 22.1. The highest BCUT2D eigenvalue weighted by Gasteiger charge is 2.37. The van der Waals surface area contributed by atoms with E-state index in [1.807, 2.05) is 29.2 Å². The molecule has 0 spiro atoms. The van der Waals surface area contributed by atoms with Crippen LogP contribution in [0.3, 0.4) is 0 Å². The average Bonchev–Trinajstić information content (AvgIpc) is 2.92. The van der Waals surface area contributed by atoms with E-state index in [0.717, 1.165) is 11.4 Å². The standard InChI is InChI=1S/C25H29ClN4O6S/c1-35-19-6-2-5-18(12-19)28-8-10-29(11-9-28)25(32)17-4-3-7-30(15-17)37(33,34)23-14-22-21(13-20(23)26)27-24(31)16-36-22/h2,5-6,12-14,17H,3-4,7-11,15-16H2,1H3,(H,27,31)/t17-/m0/s1. The maximum Gasteiger partial charge on any atom is 0.262 e. The fraction of sp³-hybridized carbons (Fsp3) is 0.440. The third-order valence-electron chi connectivity index (χ3n) is 7.03. The molecule has 0 aromatic heterocycles. The van der Waals surface area contributed by atoms with Crippen molar-refractivity contribution in [1.29, 1.82) is 0 Å². The summed E-state index contributed by atoms with van der Waals surface area (Å²) in [6.45, 7) is 2.73. The predicted octanol–water partition coefficient (Wildman–Crippen LogP) is 2.43. The number of hydrogen-bond donors (Lipinski definition) is 1. The van der Waals surface area contributed by atoms with Gasteiger partial charge in [-0.2, -0.15) is 4.31 Å². The lowest BCUT2D eigenvalue weighted by atomic mass is 9.97. The predicted molar refractivity (Wildman–Crippen MR) is 139 cm³/mol. The number of halogens is 1. The van der Waals surface area contributed by atoms with Crippen LogP contribution in [0.15, 0.2) is 41.3 Å². The first kappa shape index (κ1) is 25.6. The summed E-state index contributed by atoms with van der Waals surface area (Å²) in [6, 6.07) is 10.6. The second-order valence-electron chi connectivity index (χ2n) is 9.33. The van der Waals surface area contributed by atoms with Crippen molar-refractivity contribution in [3.63, 3.8) is 0 Å². The molecule has 198 valence electrons. The van der Waals surface area contributed by atoms with Crippen molar-refractivity contribution in [2.75, 3.05) is 63.2 Å². The van der Waals surface area contributed by atoms with Gasteiger partial charge in [0.15, 0.2) is 6.61 Å². The van der Waals surface area contributed by atoms with Crippen LogP contribution in [0.5, 0.6) is 11.5 Å². The van der Waals surface area contributed by atoms with Crippen LogP contribution >= 0.6 is 11.6 Å². The normalized spacial score (nSPS) is 20.6. The molecule has 3 aliphatic heterocycles. The molecule has 2 aromatic rings. The van der Waals surface area contributed by atoms with Gasteiger partial charge in [-0.1, -0.05) is 17.7 Å². The highest BCUT2D eigenvalue weighted by Crippen LogP contribution is 2.37.